The molecule has 1 N–H and O–H groups in total. The molecule has 2 aliphatic rings. The number of aliphatic hydroxyl groups is 1. The highest BCUT2D eigenvalue weighted by atomic mass is 19.1. The van der Waals surface area contributed by atoms with E-state index in [-0.39, 0.29) is 6.10 Å². The third-order valence-corrected chi connectivity index (χ3v) is 3.76. The van der Waals surface area contributed by atoms with Crippen LogP contribution in [0.3, 0.4) is 0 Å². The van der Waals surface area contributed by atoms with Crippen molar-refractivity contribution in [2.75, 3.05) is 18.0 Å². The number of rotatable bonds is 1. The van der Waals surface area contributed by atoms with Crippen LogP contribution in [0.15, 0.2) is 12.4 Å². The van der Waals surface area contributed by atoms with E-state index in [2.05, 4.69) is 9.97 Å². The normalized spacial score (nSPS) is 33.1. The van der Waals surface area contributed by atoms with Crippen LogP contribution < -0.4 is 4.90 Å². The highest BCUT2D eigenvalue weighted by Gasteiger charge is 2.42. The molecule has 1 aliphatic heterocycles. The van der Waals surface area contributed by atoms with Gasteiger partial charge >= 0.3 is 0 Å². The Kier molecular flexibility index (Phi) is 2.28. The molecule has 1 saturated carbocycles. The molecule has 3 unspecified atom stereocenters. The number of fused-ring (bicyclic) bond motifs is 1. The molecule has 1 saturated heterocycles. The van der Waals surface area contributed by atoms with Gasteiger partial charge in [0.2, 0.25) is 5.95 Å². The first-order valence-electron chi connectivity index (χ1n) is 5.64. The summed E-state index contributed by atoms with van der Waals surface area (Å²) >= 11 is 0. The number of anilines is 1. The topological polar surface area (TPSA) is 49.2 Å². The summed E-state index contributed by atoms with van der Waals surface area (Å²) in [6.45, 7) is 1.65. The Hall–Kier alpha value is -1.23. The first kappa shape index (κ1) is 9.96. The largest absolute Gasteiger partial charge is 0.393 e. The van der Waals surface area contributed by atoms with Crippen molar-refractivity contribution in [1.82, 2.24) is 9.97 Å². The van der Waals surface area contributed by atoms with E-state index in [9.17, 15) is 9.50 Å². The Labute approximate surface area is 93.1 Å². The summed E-state index contributed by atoms with van der Waals surface area (Å²) in [7, 11) is 0. The Morgan fingerprint density at radius 2 is 2.19 bits per heavy atom. The van der Waals surface area contributed by atoms with Crippen molar-refractivity contribution < 1.29 is 9.50 Å². The molecule has 1 aromatic rings. The summed E-state index contributed by atoms with van der Waals surface area (Å²) in [4.78, 5) is 9.56. The van der Waals surface area contributed by atoms with Gasteiger partial charge < -0.3 is 10.0 Å². The molecule has 1 aliphatic carbocycles. The molecule has 3 rings (SSSR count). The third kappa shape index (κ3) is 1.55. The molecule has 16 heavy (non-hydrogen) atoms. The van der Waals surface area contributed by atoms with Crippen LogP contribution in [0.1, 0.15) is 12.8 Å². The van der Waals surface area contributed by atoms with Crippen LogP contribution in [0, 0.1) is 17.8 Å². The van der Waals surface area contributed by atoms with Gasteiger partial charge in [-0.05, 0) is 18.8 Å². The molecule has 86 valence electrons. The number of hydrogen-bond acceptors (Lipinski definition) is 4. The van der Waals surface area contributed by atoms with Gasteiger partial charge in [0.05, 0.1) is 6.10 Å². The molecular formula is C11H14FN3O. The van der Waals surface area contributed by atoms with Gasteiger partial charge in [-0.25, -0.2) is 9.97 Å². The SMILES string of the molecule is OC1CCC2CN(c3cc(F)ncn3)CC12. The fourth-order valence-electron chi connectivity index (χ4n) is 2.92. The van der Waals surface area contributed by atoms with E-state index in [0.717, 1.165) is 25.9 Å². The third-order valence-electron chi connectivity index (χ3n) is 3.76. The Morgan fingerprint density at radius 3 is 2.94 bits per heavy atom. The molecule has 1 aromatic heterocycles. The van der Waals surface area contributed by atoms with Gasteiger partial charge in [-0.1, -0.05) is 0 Å². The number of nitrogens with zero attached hydrogens (tertiary/aromatic N) is 3. The Balaban J connectivity index is 1.79. The maximum Gasteiger partial charge on any atom is 0.218 e. The predicted octanol–water partition coefficient (Wildman–Crippen LogP) is 0.823. The van der Waals surface area contributed by atoms with Crippen molar-refractivity contribution in [2.45, 2.75) is 18.9 Å². The average molecular weight is 223 g/mol. The average Bonchev–Trinajstić information content (AvgIpc) is 2.81. The second kappa shape index (κ2) is 3.66. The summed E-state index contributed by atoms with van der Waals surface area (Å²) in [6.07, 6.45) is 3.02. The van der Waals surface area contributed by atoms with Crippen molar-refractivity contribution >= 4 is 5.82 Å². The Morgan fingerprint density at radius 1 is 1.31 bits per heavy atom. The van der Waals surface area contributed by atoms with Gasteiger partial charge in [-0.2, -0.15) is 4.39 Å². The van der Waals surface area contributed by atoms with Gasteiger partial charge in [-0.15, -0.1) is 0 Å². The quantitative estimate of drug-likeness (QED) is 0.716. The van der Waals surface area contributed by atoms with E-state index >= 15 is 0 Å². The number of aliphatic hydroxyl groups excluding tert-OH is 1. The van der Waals surface area contributed by atoms with Crippen LogP contribution in [0.5, 0.6) is 0 Å². The Bertz CT molecular complexity index is 401. The van der Waals surface area contributed by atoms with E-state index in [4.69, 9.17) is 0 Å². The molecule has 2 fully saturated rings. The molecule has 5 heteroatoms. The summed E-state index contributed by atoms with van der Waals surface area (Å²) in [5, 5.41) is 9.79. The van der Waals surface area contributed by atoms with Crippen molar-refractivity contribution in [2.24, 2.45) is 11.8 Å². The molecule has 0 aromatic carbocycles. The lowest BCUT2D eigenvalue weighted by Gasteiger charge is -2.18. The predicted molar refractivity (Wildman–Crippen MR) is 56.4 cm³/mol. The summed E-state index contributed by atoms with van der Waals surface area (Å²) < 4.78 is 13.0. The van der Waals surface area contributed by atoms with Gasteiger partial charge in [0.15, 0.2) is 0 Å². The maximum atomic E-state index is 13.0. The van der Waals surface area contributed by atoms with Crippen molar-refractivity contribution in [3.63, 3.8) is 0 Å². The zero-order valence-electron chi connectivity index (χ0n) is 8.88. The van der Waals surface area contributed by atoms with E-state index in [1.807, 2.05) is 4.90 Å². The van der Waals surface area contributed by atoms with E-state index in [0.29, 0.717) is 17.7 Å². The zero-order chi connectivity index (χ0) is 11.1. The molecule has 4 nitrogen and oxygen atoms in total. The van der Waals surface area contributed by atoms with Crippen LogP contribution >= 0.6 is 0 Å². The highest BCUT2D eigenvalue weighted by Crippen LogP contribution is 2.39. The number of aromatic nitrogens is 2. The standard InChI is InChI=1S/C11H14FN3O/c12-10-3-11(14-6-13-10)15-4-7-1-2-9(16)8(7)5-15/h3,6-9,16H,1-2,4-5H2. The second-order valence-corrected chi connectivity index (χ2v) is 4.67. The minimum atomic E-state index is -0.498. The molecule has 0 bridgehead atoms. The number of hydrogen-bond donors (Lipinski definition) is 1. The lowest BCUT2D eigenvalue weighted by Crippen LogP contribution is -2.25. The maximum absolute atomic E-state index is 13.0. The first-order valence-corrected chi connectivity index (χ1v) is 5.64. The van der Waals surface area contributed by atoms with Gasteiger partial charge in [0.25, 0.3) is 0 Å². The summed E-state index contributed by atoms with van der Waals surface area (Å²) in [6, 6.07) is 1.35. The first-order chi connectivity index (χ1) is 7.74. The van der Waals surface area contributed by atoms with Crippen LogP contribution in [-0.2, 0) is 0 Å². The lowest BCUT2D eigenvalue weighted by atomic mass is 10.00. The molecular weight excluding hydrogens is 209 g/mol. The van der Waals surface area contributed by atoms with Gasteiger partial charge in [0.1, 0.15) is 12.1 Å². The van der Waals surface area contributed by atoms with E-state index < -0.39 is 5.95 Å². The van der Waals surface area contributed by atoms with Crippen molar-refractivity contribution in [3.05, 3.63) is 18.3 Å². The molecule has 0 spiro atoms. The minimum Gasteiger partial charge on any atom is -0.393 e. The lowest BCUT2D eigenvalue weighted by molar-refractivity contribution is 0.133. The van der Waals surface area contributed by atoms with Crippen LogP contribution in [0.2, 0.25) is 0 Å². The molecule has 0 amide bonds. The molecule has 2 heterocycles. The molecule has 3 atom stereocenters. The van der Waals surface area contributed by atoms with E-state index in [1.165, 1.54) is 12.4 Å². The van der Waals surface area contributed by atoms with Crippen molar-refractivity contribution in [3.8, 4) is 0 Å². The van der Waals surface area contributed by atoms with Crippen LogP contribution in [0.4, 0.5) is 10.2 Å². The highest BCUT2D eigenvalue weighted by molar-refractivity contribution is 5.39. The summed E-state index contributed by atoms with van der Waals surface area (Å²) in [5.41, 5.74) is 0. The minimum absolute atomic E-state index is 0.193. The number of halogens is 1. The fraction of sp³-hybridized carbons (Fsp3) is 0.636. The van der Waals surface area contributed by atoms with Crippen molar-refractivity contribution in [1.29, 1.82) is 0 Å². The smallest absolute Gasteiger partial charge is 0.218 e. The van der Waals surface area contributed by atoms with Gasteiger partial charge in [-0.3, -0.25) is 0 Å². The molecule has 0 radical (unpaired) electrons. The monoisotopic (exact) mass is 223 g/mol. The van der Waals surface area contributed by atoms with Crippen LogP contribution in [-0.4, -0.2) is 34.3 Å². The summed E-state index contributed by atoms with van der Waals surface area (Å²) in [5.74, 6) is 1.00. The van der Waals surface area contributed by atoms with Gasteiger partial charge in [0, 0.05) is 25.1 Å². The van der Waals surface area contributed by atoms with Crippen LogP contribution in [0.25, 0.3) is 0 Å². The second-order valence-electron chi connectivity index (χ2n) is 4.67. The fourth-order valence-corrected chi connectivity index (χ4v) is 2.92. The van der Waals surface area contributed by atoms with E-state index in [1.54, 1.807) is 0 Å². The zero-order valence-corrected chi connectivity index (χ0v) is 8.88.